The number of hydrogen-bond donors (Lipinski definition) is 0. The van der Waals surface area contributed by atoms with E-state index in [1.54, 1.807) is 12.0 Å². The zero-order chi connectivity index (χ0) is 17.9. The Kier molecular flexibility index (Phi) is 4.44. The Hall–Kier alpha value is -3.08. The van der Waals surface area contributed by atoms with Crippen molar-refractivity contribution in [1.82, 2.24) is 9.55 Å². The number of hydrogen-bond acceptors (Lipinski definition) is 3. The number of imidazole rings is 1. The lowest BCUT2D eigenvalue weighted by Gasteiger charge is -2.27. The molecule has 2 heterocycles. The van der Waals surface area contributed by atoms with Crippen LogP contribution in [-0.2, 0) is 17.8 Å². The Morgan fingerprint density at radius 1 is 1.08 bits per heavy atom. The van der Waals surface area contributed by atoms with Crippen LogP contribution in [0.2, 0.25) is 0 Å². The summed E-state index contributed by atoms with van der Waals surface area (Å²) in [6, 6.07) is 17.7. The number of carbonyl (C=O) groups is 1. The standard InChI is InChI=1S/C21H21N3O2/c1-26-19-11-6-5-10-17(19)14-20(25)24-13-7-12-23-15-18(22-21(23)24)16-8-3-2-4-9-16/h2-6,8-11,15H,7,12-14H2,1H3. The molecule has 0 unspecified atom stereocenters. The van der Waals surface area contributed by atoms with Crippen molar-refractivity contribution in [3.8, 4) is 17.0 Å². The van der Waals surface area contributed by atoms with Crippen molar-refractivity contribution in [2.75, 3.05) is 18.6 Å². The molecule has 0 N–H and O–H groups in total. The minimum Gasteiger partial charge on any atom is -0.496 e. The molecule has 0 saturated carbocycles. The summed E-state index contributed by atoms with van der Waals surface area (Å²) >= 11 is 0. The van der Waals surface area contributed by atoms with Gasteiger partial charge in [0.25, 0.3) is 0 Å². The molecule has 2 aromatic carbocycles. The summed E-state index contributed by atoms with van der Waals surface area (Å²) in [5.74, 6) is 1.52. The molecule has 1 aliphatic heterocycles. The number of rotatable bonds is 4. The number of aryl methyl sites for hydroxylation is 1. The van der Waals surface area contributed by atoms with Crippen LogP contribution in [0.1, 0.15) is 12.0 Å². The Labute approximate surface area is 152 Å². The first-order valence-electron chi connectivity index (χ1n) is 8.81. The summed E-state index contributed by atoms with van der Waals surface area (Å²) < 4.78 is 7.45. The van der Waals surface area contributed by atoms with E-state index in [0.717, 1.165) is 41.5 Å². The first kappa shape index (κ1) is 16.4. The number of amides is 1. The molecule has 5 nitrogen and oxygen atoms in total. The van der Waals surface area contributed by atoms with Crippen LogP contribution in [-0.4, -0.2) is 29.1 Å². The quantitative estimate of drug-likeness (QED) is 0.725. The summed E-state index contributed by atoms with van der Waals surface area (Å²) in [5.41, 5.74) is 2.86. The van der Waals surface area contributed by atoms with Gasteiger partial charge in [-0.1, -0.05) is 48.5 Å². The van der Waals surface area contributed by atoms with Crippen LogP contribution in [0.5, 0.6) is 5.75 Å². The van der Waals surface area contributed by atoms with Crippen molar-refractivity contribution in [2.45, 2.75) is 19.4 Å². The summed E-state index contributed by atoms with van der Waals surface area (Å²) in [7, 11) is 1.63. The van der Waals surface area contributed by atoms with Gasteiger partial charge in [0, 0.05) is 30.4 Å². The SMILES string of the molecule is COc1ccccc1CC(=O)N1CCCn2cc(-c3ccccc3)nc21. The van der Waals surface area contributed by atoms with Gasteiger partial charge < -0.3 is 9.30 Å². The molecule has 0 saturated heterocycles. The zero-order valence-corrected chi connectivity index (χ0v) is 14.8. The van der Waals surface area contributed by atoms with Crippen LogP contribution in [0.15, 0.2) is 60.8 Å². The molecule has 0 atom stereocenters. The monoisotopic (exact) mass is 347 g/mol. The third-order valence-electron chi connectivity index (χ3n) is 4.68. The van der Waals surface area contributed by atoms with Crippen molar-refractivity contribution in [3.05, 3.63) is 66.4 Å². The van der Waals surface area contributed by atoms with E-state index >= 15 is 0 Å². The van der Waals surface area contributed by atoms with E-state index in [4.69, 9.17) is 9.72 Å². The highest BCUT2D eigenvalue weighted by atomic mass is 16.5. The molecule has 3 aromatic rings. The minimum atomic E-state index is 0.0423. The maximum absolute atomic E-state index is 13.0. The van der Waals surface area contributed by atoms with Crippen LogP contribution in [0, 0.1) is 0 Å². The van der Waals surface area contributed by atoms with Crippen LogP contribution in [0.3, 0.4) is 0 Å². The van der Waals surface area contributed by atoms with E-state index in [1.165, 1.54) is 0 Å². The number of benzene rings is 2. The number of methoxy groups -OCH3 is 1. The topological polar surface area (TPSA) is 47.4 Å². The van der Waals surface area contributed by atoms with Gasteiger partial charge in [0.1, 0.15) is 5.75 Å². The normalized spacial score (nSPS) is 13.3. The molecule has 0 spiro atoms. The van der Waals surface area contributed by atoms with Gasteiger partial charge >= 0.3 is 0 Å². The highest BCUT2D eigenvalue weighted by Crippen LogP contribution is 2.27. The second-order valence-corrected chi connectivity index (χ2v) is 6.37. The maximum atomic E-state index is 13.0. The molecule has 0 aliphatic carbocycles. The zero-order valence-electron chi connectivity index (χ0n) is 14.8. The number of anilines is 1. The fourth-order valence-corrected chi connectivity index (χ4v) is 3.38. The number of aromatic nitrogens is 2. The predicted molar refractivity (Wildman–Crippen MR) is 101 cm³/mol. The van der Waals surface area contributed by atoms with E-state index in [-0.39, 0.29) is 5.91 Å². The van der Waals surface area contributed by atoms with Gasteiger partial charge in [-0.25, -0.2) is 4.98 Å². The Morgan fingerprint density at radius 2 is 1.85 bits per heavy atom. The van der Waals surface area contributed by atoms with Crippen molar-refractivity contribution in [2.24, 2.45) is 0 Å². The predicted octanol–water partition coefficient (Wildman–Crippen LogP) is 3.54. The molecule has 1 aromatic heterocycles. The lowest BCUT2D eigenvalue weighted by Crippen LogP contribution is -2.38. The summed E-state index contributed by atoms with van der Waals surface area (Å²) in [6.07, 6.45) is 3.26. The number of fused-ring (bicyclic) bond motifs is 1. The molecule has 0 bridgehead atoms. The molecular formula is C21H21N3O2. The first-order chi connectivity index (χ1) is 12.8. The lowest BCUT2D eigenvalue weighted by atomic mass is 10.1. The smallest absolute Gasteiger partial charge is 0.233 e. The van der Waals surface area contributed by atoms with Gasteiger partial charge in [-0.2, -0.15) is 0 Å². The molecular weight excluding hydrogens is 326 g/mol. The number of ether oxygens (including phenoxy) is 1. The first-order valence-corrected chi connectivity index (χ1v) is 8.81. The second kappa shape index (κ2) is 7.04. The Balaban J connectivity index is 1.61. The van der Waals surface area contributed by atoms with E-state index < -0.39 is 0 Å². The molecule has 1 aliphatic rings. The molecule has 26 heavy (non-hydrogen) atoms. The van der Waals surface area contributed by atoms with Crippen molar-refractivity contribution in [1.29, 1.82) is 0 Å². The van der Waals surface area contributed by atoms with E-state index in [2.05, 4.69) is 4.57 Å². The highest BCUT2D eigenvalue weighted by molar-refractivity contribution is 5.94. The van der Waals surface area contributed by atoms with Gasteiger partial charge in [0.15, 0.2) is 0 Å². The Morgan fingerprint density at radius 3 is 2.65 bits per heavy atom. The van der Waals surface area contributed by atoms with Gasteiger partial charge in [-0.05, 0) is 12.5 Å². The molecule has 0 fully saturated rings. The Bertz CT molecular complexity index is 918. The van der Waals surface area contributed by atoms with Crippen molar-refractivity contribution in [3.63, 3.8) is 0 Å². The molecule has 0 radical (unpaired) electrons. The van der Waals surface area contributed by atoms with E-state index in [0.29, 0.717) is 13.0 Å². The average molecular weight is 347 g/mol. The van der Waals surface area contributed by atoms with Gasteiger partial charge in [0.2, 0.25) is 11.9 Å². The van der Waals surface area contributed by atoms with Crippen LogP contribution >= 0.6 is 0 Å². The lowest BCUT2D eigenvalue weighted by molar-refractivity contribution is -0.118. The van der Waals surface area contributed by atoms with Crippen molar-refractivity contribution >= 4 is 11.9 Å². The van der Waals surface area contributed by atoms with Crippen LogP contribution < -0.4 is 9.64 Å². The third kappa shape index (κ3) is 3.08. The fraction of sp³-hybridized carbons (Fsp3) is 0.238. The second-order valence-electron chi connectivity index (χ2n) is 6.37. The minimum absolute atomic E-state index is 0.0423. The summed E-state index contributed by atoms with van der Waals surface area (Å²) in [6.45, 7) is 1.58. The largest absolute Gasteiger partial charge is 0.496 e. The van der Waals surface area contributed by atoms with Gasteiger partial charge in [-0.3, -0.25) is 9.69 Å². The average Bonchev–Trinajstić information content (AvgIpc) is 3.13. The summed E-state index contributed by atoms with van der Waals surface area (Å²) in [5, 5.41) is 0. The summed E-state index contributed by atoms with van der Waals surface area (Å²) in [4.78, 5) is 19.5. The highest BCUT2D eigenvalue weighted by Gasteiger charge is 2.26. The van der Waals surface area contributed by atoms with Crippen LogP contribution in [0.25, 0.3) is 11.3 Å². The van der Waals surface area contributed by atoms with E-state index in [9.17, 15) is 4.79 Å². The molecule has 5 heteroatoms. The van der Waals surface area contributed by atoms with Crippen LogP contribution in [0.4, 0.5) is 5.95 Å². The number of nitrogens with zero attached hydrogens (tertiary/aromatic N) is 3. The molecule has 4 rings (SSSR count). The van der Waals surface area contributed by atoms with Crippen molar-refractivity contribution < 1.29 is 9.53 Å². The molecule has 132 valence electrons. The van der Waals surface area contributed by atoms with Gasteiger partial charge in [0.05, 0.1) is 19.2 Å². The maximum Gasteiger partial charge on any atom is 0.233 e. The van der Waals surface area contributed by atoms with E-state index in [1.807, 2.05) is 60.8 Å². The number of carbonyl (C=O) groups excluding carboxylic acids is 1. The number of para-hydroxylation sites is 1. The third-order valence-corrected chi connectivity index (χ3v) is 4.68. The fourth-order valence-electron chi connectivity index (χ4n) is 3.38. The molecule has 1 amide bonds. The van der Waals surface area contributed by atoms with Gasteiger partial charge in [-0.15, -0.1) is 0 Å².